The first-order chi connectivity index (χ1) is 9.24. The van der Waals surface area contributed by atoms with E-state index in [0.29, 0.717) is 0 Å². The van der Waals surface area contributed by atoms with Crippen LogP contribution in [0.15, 0.2) is 24.5 Å². The molecule has 0 bridgehead atoms. The molecule has 0 atom stereocenters. The van der Waals surface area contributed by atoms with Crippen LogP contribution < -0.4 is 0 Å². The van der Waals surface area contributed by atoms with E-state index >= 15 is 0 Å². The number of likely N-dealkylation sites (N-methyl/N-ethyl adjacent to an activating group) is 2. The first-order valence-corrected chi connectivity index (χ1v) is 7.22. The number of piperazine rings is 1. The average molecular weight is 262 g/mol. The van der Waals surface area contributed by atoms with Crippen molar-refractivity contribution in [1.29, 1.82) is 0 Å². The van der Waals surface area contributed by atoms with Gasteiger partial charge in [-0.3, -0.25) is 9.88 Å². The monoisotopic (exact) mass is 262 g/mol. The topological polar surface area (TPSA) is 22.6 Å². The van der Waals surface area contributed by atoms with Gasteiger partial charge in [0.1, 0.15) is 0 Å². The van der Waals surface area contributed by atoms with Gasteiger partial charge in [0.05, 0.1) is 0 Å². The summed E-state index contributed by atoms with van der Waals surface area (Å²) in [6.45, 7) is 8.33. The Hall–Kier alpha value is -0.970. The van der Waals surface area contributed by atoms with Crippen LogP contribution in [0.25, 0.3) is 0 Å². The van der Waals surface area contributed by atoms with E-state index in [0.717, 1.165) is 19.5 Å². The second kappa shape index (κ2) is 7.58. The van der Waals surface area contributed by atoms with E-state index in [4.69, 9.17) is 0 Å². The molecule has 4 nitrogen and oxygen atoms in total. The molecule has 4 heteroatoms. The maximum Gasteiger partial charge on any atom is 0.0270 e. The Morgan fingerprint density at radius 2 is 1.79 bits per heavy atom. The first-order valence-electron chi connectivity index (χ1n) is 7.22. The van der Waals surface area contributed by atoms with Gasteiger partial charge in [-0.25, -0.2) is 0 Å². The maximum atomic E-state index is 4.05. The van der Waals surface area contributed by atoms with Gasteiger partial charge in [0.25, 0.3) is 0 Å². The zero-order valence-corrected chi connectivity index (χ0v) is 12.3. The molecule has 0 saturated carbocycles. The maximum absolute atomic E-state index is 4.05. The van der Waals surface area contributed by atoms with Gasteiger partial charge in [0.2, 0.25) is 0 Å². The van der Waals surface area contributed by atoms with Crippen LogP contribution >= 0.6 is 0 Å². The van der Waals surface area contributed by atoms with Crippen molar-refractivity contribution >= 4 is 0 Å². The van der Waals surface area contributed by atoms with Crippen molar-refractivity contribution in [3.63, 3.8) is 0 Å². The van der Waals surface area contributed by atoms with Crippen LogP contribution in [0, 0.1) is 0 Å². The lowest BCUT2D eigenvalue weighted by Crippen LogP contribution is -2.46. The Morgan fingerprint density at radius 3 is 2.47 bits per heavy atom. The molecule has 1 aromatic heterocycles. The average Bonchev–Trinajstić information content (AvgIpc) is 2.45. The second-order valence-corrected chi connectivity index (χ2v) is 5.55. The molecule has 1 aliphatic heterocycles. The molecule has 1 fully saturated rings. The summed E-state index contributed by atoms with van der Waals surface area (Å²) in [5.74, 6) is 0. The second-order valence-electron chi connectivity index (χ2n) is 5.55. The Bertz CT molecular complexity index is 346. The van der Waals surface area contributed by atoms with E-state index in [2.05, 4.69) is 45.9 Å². The Morgan fingerprint density at radius 1 is 1.11 bits per heavy atom. The van der Waals surface area contributed by atoms with Crippen LogP contribution in [0.5, 0.6) is 0 Å². The SMILES string of the molecule is CN(CCc1ccncc1)CCN1CCN(C)CC1. The van der Waals surface area contributed by atoms with E-state index in [9.17, 15) is 0 Å². The molecule has 19 heavy (non-hydrogen) atoms. The normalized spacial score (nSPS) is 18.1. The molecule has 0 radical (unpaired) electrons. The largest absolute Gasteiger partial charge is 0.305 e. The number of hydrogen-bond donors (Lipinski definition) is 0. The van der Waals surface area contributed by atoms with Crippen molar-refractivity contribution in [2.45, 2.75) is 6.42 Å². The summed E-state index contributed by atoms with van der Waals surface area (Å²) in [5.41, 5.74) is 1.38. The molecule has 0 aliphatic carbocycles. The third kappa shape index (κ3) is 5.27. The summed E-state index contributed by atoms with van der Waals surface area (Å²) in [4.78, 5) is 11.5. The number of aromatic nitrogens is 1. The summed E-state index contributed by atoms with van der Waals surface area (Å²) in [6, 6.07) is 4.21. The lowest BCUT2D eigenvalue weighted by Gasteiger charge is -2.33. The van der Waals surface area contributed by atoms with E-state index in [-0.39, 0.29) is 0 Å². The van der Waals surface area contributed by atoms with Crippen LogP contribution in [-0.2, 0) is 6.42 Å². The summed E-state index contributed by atoms with van der Waals surface area (Å²) in [7, 11) is 4.43. The van der Waals surface area contributed by atoms with E-state index in [1.807, 2.05) is 12.4 Å². The Kier molecular flexibility index (Phi) is 5.76. The third-order valence-corrected chi connectivity index (χ3v) is 3.93. The number of pyridine rings is 1. The minimum Gasteiger partial charge on any atom is -0.305 e. The van der Waals surface area contributed by atoms with Crippen LogP contribution in [0.4, 0.5) is 0 Å². The molecule has 2 rings (SSSR count). The molecule has 0 amide bonds. The zero-order chi connectivity index (χ0) is 13.5. The van der Waals surface area contributed by atoms with Crippen molar-refractivity contribution in [2.75, 3.05) is 59.9 Å². The van der Waals surface area contributed by atoms with Gasteiger partial charge < -0.3 is 9.80 Å². The molecule has 1 saturated heterocycles. The molecule has 0 N–H and O–H groups in total. The lowest BCUT2D eigenvalue weighted by atomic mass is 10.2. The fraction of sp³-hybridized carbons (Fsp3) is 0.667. The number of rotatable bonds is 6. The predicted octanol–water partition coefficient (Wildman–Crippen LogP) is 0.803. The van der Waals surface area contributed by atoms with Gasteiger partial charge in [-0.2, -0.15) is 0 Å². The minimum absolute atomic E-state index is 1.11. The van der Waals surface area contributed by atoms with Gasteiger partial charge in [-0.1, -0.05) is 0 Å². The lowest BCUT2D eigenvalue weighted by molar-refractivity contribution is 0.141. The molecule has 0 unspecified atom stereocenters. The molecular weight excluding hydrogens is 236 g/mol. The summed E-state index contributed by atoms with van der Waals surface area (Å²) >= 11 is 0. The molecular formula is C15H26N4. The summed E-state index contributed by atoms with van der Waals surface area (Å²) in [6.07, 6.45) is 4.86. The quantitative estimate of drug-likeness (QED) is 0.756. The van der Waals surface area contributed by atoms with Gasteiger partial charge in [0.15, 0.2) is 0 Å². The van der Waals surface area contributed by atoms with E-state index < -0.39 is 0 Å². The highest BCUT2D eigenvalue weighted by Gasteiger charge is 2.13. The Labute approximate surface area is 117 Å². The highest BCUT2D eigenvalue weighted by atomic mass is 15.3. The highest BCUT2D eigenvalue weighted by molar-refractivity contribution is 5.09. The smallest absolute Gasteiger partial charge is 0.0270 e. The minimum atomic E-state index is 1.11. The van der Waals surface area contributed by atoms with Crippen LogP contribution in [0.1, 0.15) is 5.56 Å². The fourth-order valence-corrected chi connectivity index (χ4v) is 2.36. The number of nitrogens with zero attached hydrogens (tertiary/aromatic N) is 4. The van der Waals surface area contributed by atoms with Crippen molar-refractivity contribution < 1.29 is 0 Å². The third-order valence-electron chi connectivity index (χ3n) is 3.93. The van der Waals surface area contributed by atoms with Crippen LogP contribution in [0.3, 0.4) is 0 Å². The van der Waals surface area contributed by atoms with Crippen LogP contribution in [0.2, 0.25) is 0 Å². The van der Waals surface area contributed by atoms with Gasteiger partial charge >= 0.3 is 0 Å². The molecule has 2 heterocycles. The van der Waals surface area contributed by atoms with Gasteiger partial charge in [-0.05, 0) is 38.2 Å². The van der Waals surface area contributed by atoms with Crippen molar-refractivity contribution in [3.05, 3.63) is 30.1 Å². The predicted molar refractivity (Wildman–Crippen MR) is 79.4 cm³/mol. The van der Waals surface area contributed by atoms with E-state index in [1.165, 1.54) is 38.3 Å². The summed E-state index contributed by atoms with van der Waals surface area (Å²) < 4.78 is 0. The fourth-order valence-electron chi connectivity index (χ4n) is 2.36. The molecule has 1 aliphatic rings. The zero-order valence-electron chi connectivity index (χ0n) is 12.3. The first kappa shape index (κ1) is 14.4. The van der Waals surface area contributed by atoms with Gasteiger partial charge in [0, 0.05) is 58.2 Å². The molecule has 1 aromatic rings. The van der Waals surface area contributed by atoms with Crippen LogP contribution in [-0.4, -0.2) is 79.6 Å². The molecule has 0 spiro atoms. The van der Waals surface area contributed by atoms with Crippen molar-refractivity contribution in [1.82, 2.24) is 19.7 Å². The van der Waals surface area contributed by atoms with Crippen molar-refractivity contribution in [2.24, 2.45) is 0 Å². The summed E-state index contributed by atoms with van der Waals surface area (Å²) in [5, 5.41) is 0. The number of hydrogen-bond acceptors (Lipinski definition) is 4. The van der Waals surface area contributed by atoms with Crippen molar-refractivity contribution in [3.8, 4) is 0 Å². The van der Waals surface area contributed by atoms with Gasteiger partial charge in [-0.15, -0.1) is 0 Å². The molecule has 106 valence electrons. The molecule has 0 aromatic carbocycles. The van der Waals surface area contributed by atoms with E-state index in [1.54, 1.807) is 0 Å². The standard InChI is InChI=1S/C15H26N4/c1-17(8-5-15-3-6-16-7-4-15)9-12-19-13-10-18(2)11-14-19/h3-4,6-7H,5,8-14H2,1-2H3. The Balaban J connectivity index is 1.61. The highest BCUT2D eigenvalue weighted by Crippen LogP contribution is 2.01.